The number of rotatable bonds is 4. The monoisotopic (exact) mass is 286 g/mol. The normalized spacial score (nSPS) is 12.4. The molecule has 0 fully saturated rings. The van der Waals surface area contributed by atoms with Gasteiger partial charge in [-0.3, -0.25) is 4.79 Å². The number of carbonyl (C=O) groups is 1. The van der Waals surface area contributed by atoms with Gasteiger partial charge in [-0.05, 0) is 24.0 Å². The number of aliphatic hydroxyl groups is 1. The highest BCUT2D eigenvalue weighted by atomic mass is 35.5. The third-order valence-electron chi connectivity index (χ3n) is 2.55. The van der Waals surface area contributed by atoms with E-state index in [4.69, 9.17) is 5.73 Å². The van der Waals surface area contributed by atoms with Crippen molar-refractivity contribution in [3.8, 4) is 0 Å². The summed E-state index contributed by atoms with van der Waals surface area (Å²) in [5.41, 5.74) is 6.63. The molecule has 0 bridgehead atoms. The van der Waals surface area contributed by atoms with Crippen LogP contribution in [0.2, 0.25) is 0 Å². The maximum absolute atomic E-state index is 11.8. The number of nitrogens with one attached hydrogen (secondary N) is 1. The van der Waals surface area contributed by atoms with Gasteiger partial charge in [0.05, 0.1) is 11.7 Å². The minimum absolute atomic E-state index is 0. The van der Waals surface area contributed by atoms with E-state index in [1.54, 1.807) is 24.3 Å². The molecule has 1 rings (SSSR count). The first-order chi connectivity index (χ1) is 8.29. The van der Waals surface area contributed by atoms with Crippen molar-refractivity contribution in [1.29, 1.82) is 0 Å². The predicted molar refractivity (Wildman–Crippen MR) is 80.5 cm³/mol. The second-order valence-corrected chi connectivity index (χ2v) is 5.72. The zero-order valence-corrected chi connectivity index (χ0v) is 12.5. The molecule has 5 heteroatoms. The third kappa shape index (κ3) is 6.45. The topological polar surface area (TPSA) is 75.3 Å². The minimum Gasteiger partial charge on any atom is -0.398 e. The third-order valence-corrected chi connectivity index (χ3v) is 2.55. The smallest absolute Gasteiger partial charge is 0.253 e. The standard InChI is InChI=1S/C14H22N2O2.ClH/c1-14(2,3)8-10(17)9-16-13(18)11-6-4-5-7-12(11)15;/h4-7,10,17H,8-9,15H2,1-3H3,(H,16,18);1H. The van der Waals surface area contributed by atoms with Crippen molar-refractivity contribution in [2.24, 2.45) is 5.41 Å². The highest BCUT2D eigenvalue weighted by Gasteiger charge is 2.17. The van der Waals surface area contributed by atoms with Crippen molar-refractivity contribution in [3.05, 3.63) is 29.8 Å². The van der Waals surface area contributed by atoms with Crippen molar-refractivity contribution < 1.29 is 9.90 Å². The molecule has 1 aromatic rings. The molecule has 0 saturated carbocycles. The van der Waals surface area contributed by atoms with Gasteiger partial charge in [0.2, 0.25) is 0 Å². The van der Waals surface area contributed by atoms with Gasteiger partial charge >= 0.3 is 0 Å². The molecule has 1 atom stereocenters. The fraction of sp³-hybridized carbons (Fsp3) is 0.500. The summed E-state index contributed by atoms with van der Waals surface area (Å²) in [5.74, 6) is -0.249. The van der Waals surface area contributed by atoms with E-state index >= 15 is 0 Å². The number of hydrogen-bond donors (Lipinski definition) is 3. The van der Waals surface area contributed by atoms with Gasteiger partial charge in [-0.25, -0.2) is 0 Å². The lowest BCUT2D eigenvalue weighted by molar-refractivity contribution is 0.0869. The zero-order valence-electron chi connectivity index (χ0n) is 11.6. The van der Waals surface area contributed by atoms with Crippen LogP contribution >= 0.6 is 12.4 Å². The second kappa shape index (κ2) is 7.36. The molecule has 19 heavy (non-hydrogen) atoms. The highest BCUT2D eigenvalue weighted by Crippen LogP contribution is 2.20. The molecule has 4 nitrogen and oxygen atoms in total. The Hall–Kier alpha value is -1.26. The van der Waals surface area contributed by atoms with Crippen molar-refractivity contribution in [1.82, 2.24) is 5.32 Å². The van der Waals surface area contributed by atoms with Crippen molar-refractivity contribution in [3.63, 3.8) is 0 Å². The Labute approximate surface area is 120 Å². The zero-order chi connectivity index (χ0) is 13.8. The van der Waals surface area contributed by atoms with E-state index in [9.17, 15) is 9.90 Å². The van der Waals surface area contributed by atoms with Crippen LogP contribution in [-0.2, 0) is 0 Å². The van der Waals surface area contributed by atoms with Gasteiger partial charge in [0, 0.05) is 12.2 Å². The first-order valence-electron chi connectivity index (χ1n) is 6.10. The fourth-order valence-corrected chi connectivity index (χ4v) is 1.79. The molecule has 0 spiro atoms. The number of para-hydroxylation sites is 1. The molecule has 4 N–H and O–H groups in total. The number of nitrogen functional groups attached to an aromatic ring is 1. The molecular weight excluding hydrogens is 264 g/mol. The van der Waals surface area contributed by atoms with Gasteiger partial charge in [0.1, 0.15) is 0 Å². The number of nitrogens with two attached hydrogens (primary N) is 1. The van der Waals surface area contributed by atoms with Gasteiger partial charge in [-0.1, -0.05) is 32.9 Å². The molecular formula is C14H23ClN2O2. The van der Waals surface area contributed by atoms with E-state index in [1.807, 2.05) is 20.8 Å². The van der Waals surface area contributed by atoms with Crippen LogP contribution in [0.1, 0.15) is 37.6 Å². The number of benzene rings is 1. The Morgan fingerprint density at radius 2 is 1.95 bits per heavy atom. The SMILES string of the molecule is CC(C)(C)CC(O)CNC(=O)c1ccccc1N.Cl. The minimum atomic E-state index is -0.543. The van der Waals surface area contributed by atoms with Crippen LogP contribution in [-0.4, -0.2) is 23.7 Å². The summed E-state index contributed by atoms with van der Waals surface area (Å²) < 4.78 is 0. The molecule has 1 unspecified atom stereocenters. The Bertz CT molecular complexity index is 416. The molecule has 0 radical (unpaired) electrons. The molecule has 0 aliphatic carbocycles. The number of carbonyl (C=O) groups excluding carboxylic acids is 1. The van der Waals surface area contributed by atoms with Gasteiger partial charge in [-0.2, -0.15) is 0 Å². The van der Waals surface area contributed by atoms with Crippen LogP contribution in [0.15, 0.2) is 24.3 Å². The number of hydrogen-bond acceptors (Lipinski definition) is 3. The van der Waals surface area contributed by atoms with Crippen molar-refractivity contribution >= 4 is 24.0 Å². The number of amides is 1. The quantitative estimate of drug-likeness (QED) is 0.743. The highest BCUT2D eigenvalue weighted by molar-refractivity contribution is 5.99. The molecule has 1 amide bonds. The van der Waals surface area contributed by atoms with E-state index < -0.39 is 6.10 Å². The number of aliphatic hydroxyl groups excluding tert-OH is 1. The summed E-state index contributed by atoms with van der Waals surface area (Å²) in [6.45, 7) is 6.39. The lowest BCUT2D eigenvalue weighted by atomic mass is 9.89. The van der Waals surface area contributed by atoms with Gasteiger partial charge in [-0.15, -0.1) is 12.4 Å². The lowest BCUT2D eigenvalue weighted by Crippen LogP contribution is -2.34. The van der Waals surface area contributed by atoms with E-state index in [0.29, 0.717) is 17.7 Å². The summed E-state index contributed by atoms with van der Waals surface area (Å²) in [4.78, 5) is 11.8. The Morgan fingerprint density at radius 1 is 1.37 bits per heavy atom. The largest absolute Gasteiger partial charge is 0.398 e. The summed E-state index contributed by atoms with van der Waals surface area (Å²) >= 11 is 0. The van der Waals surface area contributed by atoms with E-state index in [2.05, 4.69) is 5.32 Å². The summed E-state index contributed by atoms with van der Waals surface area (Å²) in [6.07, 6.45) is 0.0938. The van der Waals surface area contributed by atoms with Crippen LogP contribution in [0.3, 0.4) is 0 Å². The van der Waals surface area contributed by atoms with E-state index in [1.165, 1.54) is 0 Å². The van der Waals surface area contributed by atoms with Gasteiger partial charge in [0.15, 0.2) is 0 Å². The van der Waals surface area contributed by atoms with Crippen molar-refractivity contribution in [2.75, 3.05) is 12.3 Å². The van der Waals surface area contributed by atoms with Crippen LogP contribution in [0.4, 0.5) is 5.69 Å². The molecule has 1 aromatic carbocycles. The van der Waals surface area contributed by atoms with Crippen LogP contribution in [0, 0.1) is 5.41 Å². The fourth-order valence-electron chi connectivity index (χ4n) is 1.79. The Morgan fingerprint density at radius 3 is 2.47 bits per heavy atom. The van der Waals surface area contributed by atoms with Crippen LogP contribution < -0.4 is 11.1 Å². The average molecular weight is 287 g/mol. The molecule has 0 heterocycles. The summed E-state index contributed by atoms with van der Waals surface area (Å²) in [5, 5.41) is 12.5. The van der Waals surface area contributed by atoms with Crippen LogP contribution in [0.5, 0.6) is 0 Å². The van der Waals surface area contributed by atoms with E-state index in [0.717, 1.165) is 0 Å². The van der Waals surface area contributed by atoms with Gasteiger partial charge < -0.3 is 16.2 Å². The number of anilines is 1. The van der Waals surface area contributed by atoms with Crippen molar-refractivity contribution in [2.45, 2.75) is 33.3 Å². The Balaban J connectivity index is 0.00000324. The first-order valence-corrected chi connectivity index (χ1v) is 6.10. The predicted octanol–water partition coefficient (Wildman–Crippen LogP) is 2.22. The van der Waals surface area contributed by atoms with Crippen LogP contribution in [0.25, 0.3) is 0 Å². The molecule has 0 aliphatic rings. The molecule has 0 aliphatic heterocycles. The molecule has 0 aromatic heterocycles. The number of halogens is 1. The molecule has 108 valence electrons. The van der Waals surface area contributed by atoms with E-state index in [-0.39, 0.29) is 30.3 Å². The average Bonchev–Trinajstić information content (AvgIpc) is 2.24. The second-order valence-electron chi connectivity index (χ2n) is 5.72. The maximum atomic E-state index is 11.8. The maximum Gasteiger partial charge on any atom is 0.253 e. The van der Waals surface area contributed by atoms with Gasteiger partial charge in [0.25, 0.3) is 5.91 Å². The first kappa shape index (κ1) is 17.7. The lowest BCUT2D eigenvalue weighted by Gasteiger charge is -2.22. The summed E-state index contributed by atoms with van der Waals surface area (Å²) in [6, 6.07) is 6.89. The molecule has 0 saturated heterocycles. The summed E-state index contributed by atoms with van der Waals surface area (Å²) in [7, 11) is 0. The Kier molecular flexibility index (Phi) is 6.87.